The SMILES string of the molecule is CN=C(NCc1ccc(N(C)C)c(F)c1)NCC(C)C.I. The minimum absolute atomic E-state index is 0. The van der Waals surface area contributed by atoms with Gasteiger partial charge in [0.2, 0.25) is 0 Å². The van der Waals surface area contributed by atoms with Gasteiger partial charge in [0.25, 0.3) is 0 Å². The summed E-state index contributed by atoms with van der Waals surface area (Å²) in [6, 6.07) is 5.26. The van der Waals surface area contributed by atoms with Crippen LogP contribution in [0.1, 0.15) is 19.4 Å². The average Bonchev–Trinajstić information content (AvgIpc) is 2.38. The zero-order valence-corrected chi connectivity index (χ0v) is 15.7. The Kier molecular flexibility index (Phi) is 9.32. The van der Waals surface area contributed by atoms with Crippen LogP contribution in [0.25, 0.3) is 0 Å². The van der Waals surface area contributed by atoms with E-state index in [0.717, 1.165) is 18.1 Å². The zero-order valence-electron chi connectivity index (χ0n) is 13.4. The van der Waals surface area contributed by atoms with Gasteiger partial charge in [-0.1, -0.05) is 19.9 Å². The van der Waals surface area contributed by atoms with Crippen LogP contribution in [0.3, 0.4) is 0 Å². The molecule has 120 valence electrons. The maximum absolute atomic E-state index is 13.8. The van der Waals surface area contributed by atoms with E-state index in [0.29, 0.717) is 18.2 Å². The zero-order chi connectivity index (χ0) is 15.1. The highest BCUT2D eigenvalue weighted by Crippen LogP contribution is 2.18. The molecule has 0 bridgehead atoms. The molecule has 0 radical (unpaired) electrons. The van der Waals surface area contributed by atoms with Crippen molar-refractivity contribution in [2.45, 2.75) is 20.4 Å². The molecule has 0 saturated carbocycles. The molecule has 0 atom stereocenters. The van der Waals surface area contributed by atoms with Crippen LogP contribution in [0, 0.1) is 11.7 Å². The topological polar surface area (TPSA) is 39.7 Å². The Bertz CT molecular complexity index is 461. The normalized spacial score (nSPS) is 11.1. The lowest BCUT2D eigenvalue weighted by molar-refractivity contribution is 0.612. The molecule has 21 heavy (non-hydrogen) atoms. The lowest BCUT2D eigenvalue weighted by atomic mass is 10.2. The summed E-state index contributed by atoms with van der Waals surface area (Å²) in [6.07, 6.45) is 0. The quantitative estimate of drug-likeness (QED) is 0.447. The molecule has 0 unspecified atom stereocenters. The van der Waals surface area contributed by atoms with Crippen LogP contribution in [0.4, 0.5) is 10.1 Å². The van der Waals surface area contributed by atoms with E-state index in [1.807, 2.05) is 20.2 Å². The molecule has 1 aromatic rings. The molecule has 0 saturated heterocycles. The number of hydrogen-bond acceptors (Lipinski definition) is 2. The third kappa shape index (κ3) is 6.97. The summed E-state index contributed by atoms with van der Waals surface area (Å²) in [7, 11) is 5.38. The minimum atomic E-state index is -0.209. The molecule has 0 spiro atoms. The first-order chi connectivity index (χ1) is 9.43. The summed E-state index contributed by atoms with van der Waals surface area (Å²) in [5.41, 5.74) is 1.48. The number of guanidine groups is 1. The molecule has 0 aliphatic heterocycles. The van der Waals surface area contributed by atoms with Gasteiger partial charge in [0, 0.05) is 34.2 Å². The minimum Gasteiger partial charge on any atom is -0.375 e. The fourth-order valence-electron chi connectivity index (χ4n) is 1.73. The maximum Gasteiger partial charge on any atom is 0.191 e. The van der Waals surface area contributed by atoms with Gasteiger partial charge >= 0.3 is 0 Å². The first-order valence-corrected chi connectivity index (χ1v) is 6.84. The van der Waals surface area contributed by atoms with Crippen LogP contribution in [-0.4, -0.2) is 33.6 Å². The molecule has 1 aromatic carbocycles. The molecule has 2 N–H and O–H groups in total. The Hall–Kier alpha value is -1.05. The number of nitrogens with one attached hydrogen (secondary N) is 2. The summed E-state index contributed by atoms with van der Waals surface area (Å²) < 4.78 is 13.8. The molecule has 0 heterocycles. The summed E-state index contributed by atoms with van der Waals surface area (Å²) in [5.74, 6) is 1.07. The highest BCUT2D eigenvalue weighted by molar-refractivity contribution is 14.0. The Balaban J connectivity index is 0.00000400. The molecule has 0 aliphatic carbocycles. The summed E-state index contributed by atoms with van der Waals surface area (Å²) >= 11 is 0. The second-order valence-corrected chi connectivity index (χ2v) is 5.38. The van der Waals surface area contributed by atoms with Gasteiger partial charge in [0.15, 0.2) is 5.96 Å². The van der Waals surface area contributed by atoms with Crippen molar-refractivity contribution in [2.24, 2.45) is 10.9 Å². The lowest BCUT2D eigenvalue weighted by Gasteiger charge is -2.16. The number of halogens is 2. The van der Waals surface area contributed by atoms with Crippen molar-refractivity contribution in [1.82, 2.24) is 10.6 Å². The van der Waals surface area contributed by atoms with E-state index in [1.54, 1.807) is 24.1 Å². The maximum atomic E-state index is 13.8. The molecular formula is C15H26FIN4. The van der Waals surface area contributed by atoms with Crippen molar-refractivity contribution in [3.63, 3.8) is 0 Å². The molecule has 0 aromatic heterocycles. The highest BCUT2D eigenvalue weighted by atomic mass is 127. The number of anilines is 1. The monoisotopic (exact) mass is 408 g/mol. The Morgan fingerprint density at radius 2 is 1.95 bits per heavy atom. The third-order valence-electron chi connectivity index (χ3n) is 2.86. The first kappa shape index (κ1) is 19.9. The van der Waals surface area contributed by atoms with Crippen LogP contribution in [-0.2, 0) is 6.54 Å². The second kappa shape index (κ2) is 9.81. The first-order valence-electron chi connectivity index (χ1n) is 6.84. The second-order valence-electron chi connectivity index (χ2n) is 5.38. The molecule has 4 nitrogen and oxygen atoms in total. The van der Waals surface area contributed by atoms with Gasteiger partial charge in [-0.05, 0) is 23.6 Å². The fourth-order valence-corrected chi connectivity index (χ4v) is 1.73. The van der Waals surface area contributed by atoms with Crippen molar-refractivity contribution in [2.75, 3.05) is 32.6 Å². The van der Waals surface area contributed by atoms with Crippen LogP contribution in [0.2, 0.25) is 0 Å². The van der Waals surface area contributed by atoms with E-state index in [2.05, 4.69) is 29.5 Å². The smallest absolute Gasteiger partial charge is 0.191 e. The average molecular weight is 408 g/mol. The van der Waals surface area contributed by atoms with Gasteiger partial charge in [-0.25, -0.2) is 4.39 Å². The number of nitrogens with zero attached hydrogens (tertiary/aromatic N) is 2. The van der Waals surface area contributed by atoms with Crippen molar-refractivity contribution in [1.29, 1.82) is 0 Å². The van der Waals surface area contributed by atoms with E-state index in [4.69, 9.17) is 0 Å². The Morgan fingerprint density at radius 3 is 2.43 bits per heavy atom. The largest absolute Gasteiger partial charge is 0.375 e. The van der Waals surface area contributed by atoms with Crippen molar-refractivity contribution in [3.8, 4) is 0 Å². The fraction of sp³-hybridized carbons (Fsp3) is 0.533. The standard InChI is InChI=1S/C15H25FN4.HI/c1-11(2)9-18-15(17-3)19-10-12-6-7-14(20(4)5)13(16)8-12;/h6-8,11H,9-10H2,1-5H3,(H2,17,18,19);1H. The summed E-state index contributed by atoms with van der Waals surface area (Å²) in [4.78, 5) is 5.90. The number of benzene rings is 1. The predicted octanol–water partition coefficient (Wildman–Crippen LogP) is 2.83. The molecule has 0 amide bonds. The highest BCUT2D eigenvalue weighted by Gasteiger charge is 2.06. The van der Waals surface area contributed by atoms with Gasteiger partial charge in [0.1, 0.15) is 5.82 Å². The van der Waals surface area contributed by atoms with Crippen LogP contribution in [0.15, 0.2) is 23.2 Å². The summed E-state index contributed by atoms with van der Waals surface area (Å²) in [5, 5.41) is 6.40. The van der Waals surface area contributed by atoms with Gasteiger partial charge in [-0.3, -0.25) is 4.99 Å². The van der Waals surface area contributed by atoms with Gasteiger partial charge < -0.3 is 15.5 Å². The molecule has 1 rings (SSSR count). The van der Waals surface area contributed by atoms with Gasteiger partial charge in [-0.2, -0.15) is 0 Å². The van der Waals surface area contributed by atoms with E-state index in [-0.39, 0.29) is 29.8 Å². The van der Waals surface area contributed by atoms with E-state index < -0.39 is 0 Å². The van der Waals surface area contributed by atoms with Crippen LogP contribution < -0.4 is 15.5 Å². The molecule has 0 aliphatic rings. The van der Waals surface area contributed by atoms with E-state index >= 15 is 0 Å². The van der Waals surface area contributed by atoms with Gasteiger partial charge in [0.05, 0.1) is 5.69 Å². The van der Waals surface area contributed by atoms with Crippen LogP contribution >= 0.6 is 24.0 Å². The lowest BCUT2D eigenvalue weighted by Crippen LogP contribution is -2.38. The van der Waals surface area contributed by atoms with Crippen molar-refractivity contribution < 1.29 is 4.39 Å². The van der Waals surface area contributed by atoms with E-state index in [9.17, 15) is 4.39 Å². The predicted molar refractivity (Wildman–Crippen MR) is 99.2 cm³/mol. The molecule has 6 heteroatoms. The summed E-state index contributed by atoms with van der Waals surface area (Å²) in [6.45, 7) is 5.67. The Morgan fingerprint density at radius 1 is 1.29 bits per heavy atom. The third-order valence-corrected chi connectivity index (χ3v) is 2.86. The van der Waals surface area contributed by atoms with Crippen LogP contribution in [0.5, 0.6) is 0 Å². The van der Waals surface area contributed by atoms with Crippen molar-refractivity contribution in [3.05, 3.63) is 29.6 Å². The molecule has 0 fully saturated rings. The number of rotatable bonds is 5. The molecular weight excluding hydrogens is 382 g/mol. The number of aliphatic imine (C=N–C) groups is 1. The Labute approximate surface area is 144 Å². The number of hydrogen-bond donors (Lipinski definition) is 2. The van der Waals surface area contributed by atoms with Crippen molar-refractivity contribution >= 4 is 35.6 Å². The van der Waals surface area contributed by atoms with E-state index in [1.165, 1.54) is 0 Å². The van der Waals surface area contributed by atoms with Gasteiger partial charge in [-0.15, -0.1) is 24.0 Å².